The second-order valence-electron chi connectivity index (χ2n) is 8.02. The molecule has 1 aromatic heterocycles. The minimum Gasteiger partial charge on any atom is -0.325 e. The van der Waals surface area contributed by atoms with Crippen LogP contribution >= 0.6 is 11.8 Å². The smallest absolute Gasteiger partial charge is 0.237 e. The largest absolute Gasteiger partial charge is 0.325 e. The van der Waals surface area contributed by atoms with Crippen LogP contribution in [0.3, 0.4) is 0 Å². The Balaban J connectivity index is 1.51. The molecule has 6 nitrogen and oxygen atoms in total. The predicted octanol–water partition coefficient (Wildman–Crippen LogP) is 4.35. The van der Waals surface area contributed by atoms with Gasteiger partial charge in [0.05, 0.1) is 18.3 Å². The molecule has 7 heteroatoms. The molecule has 0 bridgehead atoms. The number of aromatic nitrogens is 3. The van der Waals surface area contributed by atoms with Gasteiger partial charge < -0.3 is 9.88 Å². The van der Waals surface area contributed by atoms with Crippen LogP contribution in [0.4, 0.5) is 5.69 Å². The molecule has 0 aliphatic carbocycles. The van der Waals surface area contributed by atoms with Crippen LogP contribution in [0.25, 0.3) is 0 Å². The lowest BCUT2D eigenvalue weighted by atomic mass is 10.2. The minimum atomic E-state index is -0.294. The maximum Gasteiger partial charge on any atom is 0.237 e. The molecule has 1 atom stereocenters. The summed E-state index contributed by atoms with van der Waals surface area (Å²) in [5, 5.41) is 12.5. The van der Waals surface area contributed by atoms with Gasteiger partial charge >= 0.3 is 0 Å². The summed E-state index contributed by atoms with van der Waals surface area (Å²) in [7, 11) is 0. The molecule has 1 amide bonds. The lowest BCUT2D eigenvalue weighted by Crippen LogP contribution is -2.24. The first kappa shape index (κ1) is 21.6. The molecule has 2 heterocycles. The van der Waals surface area contributed by atoms with Gasteiger partial charge in [0.2, 0.25) is 5.91 Å². The third-order valence-corrected chi connectivity index (χ3v) is 6.68. The van der Waals surface area contributed by atoms with Crippen molar-refractivity contribution in [2.45, 2.75) is 50.2 Å². The molecule has 1 saturated heterocycles. The highest BCUT2D eigenvalue weighted by Crippen LogP contribution is 2.26. The lowest BCUT2D eigenvalue weighted by molar-refractivity contribution is -0.115. The first-order valence-electron chi connectivity index (χ1n) is 10.8. The quantitative estimate of drug-likeness (QED) is 0.533. The Labute approximate surface area is 188 Å². The summed E-state index contributed by atoms with van der Waals surface area (Å²) in [6, 6.07) is 18.2. The molecule has 1 N–H and O–H groups in total. The Hall–Kier alpha value is -2.64. The Morgan fingerprint density at radius 1 is 1.03 bits per heavy atom. The van der Waals surface area contributed by atoms with Crippen LogP contribution in [0.15, 0.2) is 59.8 Å². The number of benzene rings is 2. The molecule has 1 aliphatic heterocycles. The normalized spacial score (nSPS) is 15.2. The number of nitrogens with one attached hydrogen (secondary N) is 1. The Kier molecular flexibility index (Phi) is 7.04. The summed E-state index contributed by atoms with van der Waals surface area (Å²) >= 11 is 1.46. The maximum absolute atomic E-state index is 12.8. The van der Waals surface area contributed by atoms with Crippen LogP contribution in [-0.4, -0.2) is 43.9 Å². The number of carbonyl (C=O) groups excluding carboxylic acids is 1. The first-order valence-corrected chi connectivity index (χ1v) is 11.7. The molecule has 1 aliphatic rings. The number of anilines is 1. The molecule has 0 radical (unpaired) electrons. The van der Waals surface area contributed by atoms with Gasteiger partial charge in [0, 0.05) is 5.69 Å². The van der Waals surface area contributed by atoms with Crippen LogP contribution in [0, 0.1) is 6.92 Å². The van der Waals surface area contributed by atoms with Crippen molar-refractivity contribution in [3.05, 3.63) is 71.5 Å². The summed E-state index contributed by atoms with van der Waals surface area (Å²) in [5.74, 6) is 0.925. The van der Waals surface area contributed by atoms with Gasteiger partial charge in [0.1, 0.15) is 5.82 Å². The van der Waals surface area contributed by atoms with Crippen molar-refractivity contribution in [1.29, 1.82) is 0 Å². The second-order valence-corrected chi connectivity index (χ2v) is 9.33. The summed E-state index contributed by atoms with van der Waals surface area (Å²) in [6.07, 6.45) is 2.48. The van der Waals surface area contributed by atoms with Gasteiger partial charge in [0.15, 0.2) is 5.16 Å². The monoisotopic (exact) mass is 435 g/mol. The van der Waals surface area contributed by atoms with Gasteiger partial charge in [-0.3, -0.25) is 9.69 Å². The molecule has 1 unspecified atom stereocenters. The van der Waals surface area contributed by atoms with Crippen molar-refractivity contribution in [1.82, 2.24) is 19.7 Å². The van der Waals surface area contributed by atoms with E-state index in [-0.39, 0.29) is 11.2 Å². The van der Waals surface area contributed by atoms with Gasteiger partial charge in [0.25, 0.3) is 0 Å². The molecule has 3 aromatic rings. The first-order chi connectivity index (χ1) is 15.1. The summed E-state index contributed by atoms with van der Waals surface area (Å²) < 4.78 is 2.16. The Morgan fingerprint density at radius 2 is 1.74 bits per heavy atom. The van der Waals surface area contributed by atoms with E-state index in [0.29, 0.717) is 6.54 Å². The molecule has 0 spiro atoms. The number of hydrogen-bond donors (Lipinski definition) is 1. The van der Waals surface area contributed by atoms with E-state index in [1.54, 1.807) is 0 Å². The number of amides is 1. The third-order valence-electron chi connectivity index (χ3n) is 5.60. The maximum atomic E-state index is 12.8. The van der Waals surface area contributed by atoms with Crippen molar-refractivity contribution >= 4 is 23.4 Å². The van der Waals surface area contributed by atoms with Gasteiger partial charge in [-0.1, -0.05) is 60.3 Å². The molecule has 4 rings (SSSR count). The van der Waals surface area contributed by atoms with E-state index >= 15 is 0 Å². The second kappa shape index (κ2) is 10.1. The number of para-hydroxylation sites is 1. The lowest BCUT2D eigenvalue weighted by Gasteiger charge is -2.17. The van der Waals surface area contributed by atoms with Crippen molar-refractivity contribution in [2.75, 3.05) is 18.4 Å². The van der Waals surface area contributed by atoms with E-state index in [1.165, 1.54) is 30.2 Å². The number of likely N-dealkylation sites (tertiary alicyclic amines) is 1. The zero-order chi connectivity index (χ0) is 21.6. The summed E-state index contributed by atoms with van der Waals surface area (Å²) in [6.45, 7) is 7.62. The fourth-order valence-corrected chi connectivity index (χ4v) is 4.62. The number of thioether (sulfide) groups is 1. The van der Waals surface area contributed by atoms with E-state index in [2.05, 4.69) is 37.1 Å². The number of hydrogen-bond acceptors (Lipinski definition) is 5. The average Bonchev–Trinajstić information content (AvgIpc) is 3.42. The van der Waals surface area contributed by atoms with Crippen molar-refractivity contribution in [2.24, 2.45) is 0 Å². The Morgan fingerprint density at radius 3 is 2.48 bits per heavy atom. The predicted molar refractivity (Wildman–Crippen MR) is 125 cm³/mol. The van der Waals surface area contributed by atoms with Crippen molar-refractivity contribution < 1.29 is 4.79 Å². The molecule has 1 fully saturated rings. The van der Waals surface area contributed by atoms with Gasteiger partial charge in [-0.2, -0.15) is 0 Å². The zero-order valence-corrected chi connectivity index (χ0v) is 18.9. The summed E-state index contributed by atoms with van der Waals surface area (Å²) in [5.41, 5.74) is 3.09. The fourth-order valence-electron chi connectivity index (χ4n) is 3.75. The topological polar surface area (TPSA) is 63.1 Å². The van der Waals surface area contributed by atoms with Crippen LogP contribution in [0.2, 0.25) is 0 Å². The molecule has 31 heavy (non-hydrogen) atoms. The number of nitrogens with zero attached hydrogens (tertiary/aromatic N) is 4. The van der Waals surface area contributed by atoms with Crippen molar-refractivity contribution in [3.8, 4) is 0 Å². The van der Waals surface area contributed by atoms with Crippen LogP contribution < -0.4 is 5.32 Å². The highest BCUT2D eigenvalue weighted by atomic mass is 32.2. The average molecular weight is 436 g/mol. The zero-order valence-electron chi connectivity index (χ0n) is 18.1. The SMILES string of the molecule is Cc1ccccc1NC(=O)C(C)Sc1nnc(CN2CCCC2)n1Cc1ccccc1. The van der Waals surface area contributed by atoms with E-state index in [1.807, 2.05) is 56.3 Å². The van der Waals surface area contributed by atoms with E-state index in [0.717, 1.165) is 41.9 Å². The standard InChI is InChI=1S/C24H29N5OS/c1-18-10-6-7-13-21(18)25-23(30)19(2)31-24-27-26-22(17-28-14-8-9-15-28)29(24)16-20-11-4-3-5-12-20/h3-7,10-13,19H,8-9,14-17H2,1-2H3,(H,25,30). The highest BCUT2D eigenvalue weighted by molar-refractivity contribution is 8.00. The van der Waals surface area contributed by atoms with Gasteiger partial charge in [-0.05, 0) is 57.0 Å². The fraction of sp³-hybridized carbons (Fsp3) is 0.375. The summed E-state index contributed by atoms with van der Waals surface area (Å²) in [4.78, 5) is 15.3. The van der Waals surface area contributed by atoms with Crippen LogP contribution in [0.1, 0.15) is 36.7 Å². The molecule has 0 saturated carbocycles. The van der Waals surface area contributed by atoms with Gasteiger partial charge in [-0.25, -0.2) is 0 Å². The number of carbonyl (C=O) groups is 1. The number of rotatable bonds is 8. The Bertz CT molecular complexity index is 1010. The van der Waals surface area contributed by atoms with Crippen LogP contribution in [-0.2, 0) is 17.9 Å². The molecular weight excluding hydrogens is 406 g/mol. The van der Waals surface area contributed by atoms with E-state index in [4.69, 9.17) is 0 Å². The van der Waals surface area contributed by atoms with E-state index < -0.39 is 0 Å². The highest BCUT2D eigenvalue weighted by Gasteiger charge is 2.22. The molecule has 2 aromatic carbocycles. The van der Waals surface area contributed by atoms with Gasteiger partial charge in [-0.15, -0.1) is 10.2 Å². The molecular formula is C24H29N5OS. The minimum absolute atomic E-state index is 0.0327. The van der Waals surface area contributed by atoms with Crippen molar-refractivity contribution in [3.63, 3.8) is 0 Å². The molecule has 162 valence electrons. The van der Waals surface area contributed by atoms with Crippen LogP contribution in [0.5, 0.6) is 0 Å². The number of aryl methyl sites for hydroxylation is 1. The third kappa shape index (κ3) is 5.54. The van der Waals surface area contributed by atoms with E-state index in [9.17, 15) is 4.79 Å².